The number of nitrogens with two attached hydrogens (primary N) is 1. The molecule has 3 N–H and O–H groups in total. The maximum absolute atomic E-state index is 11.0. The SMILES string of the molecule is CC([NH2+]C1CCS(=O)(=O)C1)C(=O)O.[Cl-]. The van der Waals surface area contributed by atoms with Gasteiger partial charge < -0.3 is 22.8 Å². The Balaban J connectivity index is 0.00000169. The molecular formula is C7H14ClNO4S. The quantitative estimate of drug-likeness (QED) is 0.521. The molecule has 0 saturated carbocycles. The van der Waals surface area contributed by atoms with Crippen LogP contribution in [0.4, 0.5) is 0 Å². The summed E-state index contributed by atoms with van der Waals surface area (Å²) in [5, 5.41) is 10.2. The number of hydrogen-bond acceptors (Lipinski definition) is 3. The van der Waals surface area contributed by atoms with Gasteiger partial charge in [0.2, 0.25) is 0 Å². The van der Waals surface area contributed by atoms with Crippen molar-refractivity contribution >= 4 is 15.8 Å². The third kappa shape index (κ3) is 3.81. The number of aliphatic carboxylic acids is 1. The van der Waals surface area contributed by atoms with Crippen molar-refractivity contribution in [3.8, 4) is 0 Å². The van der Waals surface area contributed by atoms with Gasteiger partial charge in [-0.2, -0.15) is 0 Å². The average molecular weight is 244 g/mol. The number of carbonyl (C=O) groups is 1. The van der Waals surface area contributed by atoms with Crippen molar-refractivity contribution in [3.05, 3.63) is 0 Å². The lowest BCUT2D eigenvalue weighted by molar-refractivity contribution is -0.703. The Morgan fingerprint density at radius 1 is 1.57 bits per heavy atom. The van der Waals surface area contributed by atoms with Crippen molar-refractivity contribution in [1.29, 1.82) is 0 Å². The number of quaternary nitrogens is 1. The van der Waals surface area contributed by atoms with E-state index in [2.05, 4.69) is 0 Å². The molecule has 7 heteroatoms. The van der Waals surface area contributed by atoms with Crippen molar-refractivity contribution < 1.29 is 36.0 Å². The minimum atomic E-state index is -2.89. The predicted octanol–water partition coefficient (Wildman–Crippen LogP) is -4.79. The number of carboxylic acid groups (broad SMARTS) is 1. The van der Waals surface area contributed by atoms with Gasteiger partial charge in [0.25, 0.3) is 0 Å². The van der Waals surface area contributed by atoms with Crippen molar-refractivity contribution in [3.63, 3.8) is 0 Å². The minimum absolute atomic E-state index is 0. The molecule has 14 heavy (non-hydrogen) atoms. The van der Waals surface area contributed by atoms with E-state index in [4.69, 9.17) is 5.11 Å². The molecule has 0 aromatic rings. The summed E-state index contributed by atoms with van der Waals surface area (Å²) < 4.78 is 22.0. The monoisotopic (exact) mass is 243 g/mol. The molecule has 2 unspecified atom stereocenters. The van der Waals surface area contributed by atoms with Gasteiger partial charge in [0.15, 0.2) is 15.9 Å². The fourth-order valence-electron chi connectivity index (χ4n) is 1.47. The topological polar surface area (TPSA) is 88.0 Å². The molecule has 0 aromatic heterocycles. The van der Waals surface area contributed by atoms with Gasteiger partial charge in [-0.15, -0.1) is 0 Å². The van der Waals surface area contributed by atoms with E-state index in [1.165, 1.54) is 0 Å². The van der Waals surface area contributed by atoms with Crippen molar-refractivity contribution in [1.82, 2.24) is 0 Å². The molecule has 0 aromatic carbocycles. The Morgan fingerprint density at radius 2 is 2.14 bits per heavy atom. The second kappa shape index (κ2) is 4.95. The first-order chi connectivity index (χ1) is 5.91. The van der Waals surface area contributed by atoms with Crippen LogP contribution in [0.15, 0.2) is 0 Å². The number of rotatable bonds is 3. The van der Waals surface area contributed by atoms with Gasteiger partial charge in [0, 0.05) is 6.42 Å². The molecular weight excluding hydrogens is 230 g/mol. The molecule has 1 saturated heterocycles. The lowest BCUT2D eigenvalue weighted by Gasteiger charge is -2.10. The molecule has 0 amide bonds. The lowest BCUT2D eigenvalue weighted by atomic mass is 10.2. The predicted molar refractivity (Wildman–Crippen MR) is 46.1 cm³/mol. The Labute approximate surface area is 89.2 Å². The molecule has 2 atom stereocenters. The van der Waals surface area contributed by atoms with Gasteiger partial charge >= 0.3 is 5.97 Å². The average Bonchev–Trinajstić information content (AvgIpc) is 2.30. The van der Waals surface area contributed by atoms with Crippen molar-refractivity contribution in [2.45, 2.75) is 25.4 Å². The minimum Gasteiger partial charge on any atom is -1.00 e. The maximum Gasteiger partial charge on any atom is 0.362 e. The zero-order chi connectivity index (χ0) is 10.1. The third-order valence-corrected chi connectivity index (χ3v) is 4.01. The zero-order valence-electron chi connectivity index (χ0n) is 7.81. The van der Waals surface area contributed by atoms with Gasteiger partial charge in [-0.3, -0.25) is 0 Å². The summed E-state index contributed by atoms with van der Waals surface area (Å²) >= 11 is 0. The highest BCUT2D eigenvalue weighted by atomic mass is 35.5. The molecule has 1 rings (SSSR count). The summed E-state index contributed by atoms with van der Waals surface area (Å²) in [4.78, 5) is 10.5. The first kappa shape index (κ1) is 13.7. The molecule has 1 aliphatic rings. The van der Waals surface area contributed by atoms with E-state index in [1.54, 1.807) is 12.2 Å². The van der Waals surface area contributed by atoms with Crippen LogP contribution in [0.1, 0.15) is 13.3 Å². The van der Waals surface area contributed by atoms with E-state index >= 15 is 0 Å². The standard InChI is InChI=1S/C7H13NO4S.ClH/c1-5(7(9)10)8-6-2-3-13(11,12)4-6;/h5-6,8H,2-4H2,1H3,(H,9,10);1H. The van der Waals surface area contributed by atoms with Gasteiger partial charge in [0.05, 0.1) is 5.75 Å². The normalized spacial score (nSPS) is 26.5. The van der Waals surface area contributed by atoms with E-state index < -0.39 is 21.8 Å². The van der Waals surface area contributed by atoms with Crippen LogP contribution in [0.25, 0.3) is 0 Å². The van der Waals surface area contributed by atoms with E-state index in [-0.39, 0.29) is 30.0 Å². The van der Waals surface area contributed by atoms with Gasteiger partial charge in [-0.1, -0.05) is 0 Å². The van der Waals surface area contributed by atoms with Gasteiger partial charge in [0.1, 0.15) is 11.8 Å². The van der Waals surface area contributed by atoms with E-state index in [1.807, 2.05) is 0 Å². The third-order valence-electron chi connectivity index (χ3n) is 2.22. The fraction of sp³-hybridized carbons (Fsp3) is 0.857. The number of sulfone groups is 1. The van der Waals surface area contributed by atoms with Crippen LogP contribution in [-0.4, -0.2) is 43.1 Å². The summed E-state index contributed by atoms with van der Waals surface area (Å²) in [5.41, 5.74) is 0. The van der Waals surface area contributed by atoms with Gasteiger partial charge in [-0.25, -0.2) is 13.2 Å². The van der Waals surface area contributed by atoms with Crippen molar-refractivity contribution in [2.24, 2.45) is 0 Å². The highest BCUT2D eigenvalue weighted by Gasteiger charge is 2.32. The largest absolute Gasteiger partial charge is 1.00 e. The number of carboxylic acids is 1. The summed E-state index contributed by atoms with van der Waals surface area (Å²) in [7, 11) is -2.89. The summed E-state index contributed by atoms with van der Waals surface area (Å²) in [6.07, 6.45) is 0.569. The summed E-state index contributed by atoms with van der Waals surface area (Å²) in [5.74, 6) is -0.588. The molecule has 1 aliphatic heterocycles. The first-order valence-corrected chi connectivity index (χ1v) is 6.01. The van der Waals surface area contributed by atoms with Crippen LogP contribution < -0.4 is 17.7 Å². The second-order valence-electron chi connectivity index (χ2n) is 3.48. The van der Waals surface area contributed by atoms with Crippen LogP contribution in [0, 0.1) is 0 Å². The molecule has 0 bridgehead atoms. The van der Waals surface area contributed by atoms with Crippen LogP contribution in [0.2, 0.25) is 0 Å². The fourth-order valence-corrected chi connectivity index (χ4v) is 3.22. The van der Waals surface area contributed by atoms with E-state index in [9.17, 15) is 13.2 Å². The molecule has 0 aliphatic carbocycles. The molecule has 1 heterocycles. The summed E-state index contributed by atoms with van der Waals surface area (Å²) in [6.45, 7) is 1.56. The van der Waals surface area contributed by atoms with Crippen LogP contribution in [0.3, 0.4) is 0 Å². The Hall–Kier alpha value is -0.330. The number of hydrogen-bond donors (Lipinski definition) is 2. The highest BCUT2D eigenvalue weighted by Crippen LogP contribution is 2.07. The second-order valence-corrected chi connectivity index (χ2v) is 5.71. The van der Waals surface area contributed by atoms with Gasteiger partial charge in [-0.05, 0) is 6.92 Å². The Bertz CT molecular complexity index is 303. The smallest absolute Gasteiger partial charge is 0.362 e. The highest BCUT2D eigenvalue weighted by molar-refractivity contribution is 7.91. The first-order valence-electron chi connectivity index (χ1n) is 4.19. The van der Waals surface area contributed by atoms with Crippen LogP contribution >= 0.6 is 0 Å². The lowest BCUT2D eigenvalue weighted by Crippen LogP contribution is -3.00. The molecule has 0 spiro atoms. The maximum atomic E-state index is 11.0. The Morgan fingerprint density at radius 3 is 2.50 bits per heavy atom. The number of halogens is 1. The zero-order valence-corrected chi connectivity index (χ0v) is 9.38. The molecule has 5 nitrogen and oxygen atoms in total. The van der Waals surface area contributed by atoms with Crippen LogP contribution in [-0.2, 0) is 14.6 Å². The molecule has 84 valence electrons. The summed E-state index contributed by atoms with van der Waals surface area (Å²) in [6, 6.07) is -0.630. The van der Waals surface area contributed by atoms with E-state index in [0.29, 0.717) is 6.42 Å². The van der Waals surface area contributed by atoms with Crippen molar-refractivity contribution in [2.75, 3.05) is 11.5 Å². The molecule has 1 fully saturated rings. The van der Waals surface area contributed by atoms with E-state index in [0.717, 1.165) is 0 Å². The molecule has 0 radical (unpaired) electrons. The van der Waals surface area contributed by atoms with Crippen LogP contribution in [0.5, 0.6) is 0 Å². The Kier molecular flexibility index (Phi) is 4.83.